The van der Waals surface area contributed by atoms with Crippen LogP contribution in [0.2, 0.25) is 0 Å². The average molecular weight is 441 g/mol. The van der Waals surface area contributed by atoms with Crippen molar-refractivity contribution < 1.29 is 22.7 Å². The highest BCUT2D eigenvalue weighted by molar-refractivity contribution is 8.15. The van der Waals surface area contributed by atoms with E-state index in [4.69, 9.17) is 9.47 Å². The number of hydrogen-bond acceptors (Lipinski definition) is 6. The number of amidine groups is 1. The van der Waals surface area contributed by atoms with Crippen LogP contribution in [0.15, 0.2) is 23.2 Å². The fourth-order valence-electron chi connectivity index (χ4n) is 3.68. The van der Waals surface area contributed by atoms with E-state index in [0.717, 1.165) is 5.56 Å². The zero-order chi connectivity index (χ0) is 21.2. The van der Waals surface area contributed by atoms with E-state index < -0.39 is 9.84 Å². The van der Waals surface area contributed by atoms with Gasteiger partial charge in [0.25, 0.3) is 0 Å². The molecule has 2 atom stereocenters. The normalized spacial score (nSPS) is 24.2. The lowest BCUT2D eigenvalue weighted by atomic mass is 10.1. The van der Waals surface area contributed by atoms with Crippen molar-refractivity contribution in [3.05, 3.63) is 23.8 Å². The summed E-state index contributed by atoms with van der Waals surface area (Å²) in [6.07, 6.45) is 1.07. The minimum Gasteiger partial charge on any atom is -0.493 e. The second-order valence-electron chi connectivity index (χ2n) is 7.82. The van der Waals surface area contributed by atoms with Crippen molar-refractivity contribution in [2.75, 3.05) is 32.3 Å². The second-order valence-corrected chi connectivity index (χ2v) is 11.2. The van der Waals surface area contributed by atoms with Gasteiger partial charge in [0.1, 0.15) is 0 Å². The van der Waals surface area contributed by atoms with Crippen LogP contribution in [0, 0.1) is 5.92 Å². The van der Waals surface area contributed by atoms with Crippen molar-refractivity contribution in [2.45, 2.75) is 38.0 Å². The van der Waals surface area contributed by atoms with Gasteiger partial charge in [0, 0.05) is 18.2 Å². The van der Waals surface area contributed by atoms with Crippen LogP contribution in [0.3, 0.4) is 0 Å². The highest BCUT2D eigenvalue weighted by atomic mass is 32.2. The summed E-state index contributed by atoms with van der Waals surface area (Å²) in [7, 11) is 0.138. The summed E-state index contributed by atoms with van der Waals surface area (Å²) in [6.45, 7) is 4.55. The zero-order valence-corrected chi connectivity index (χ0v) is 18.9. The van der Waals surface area contributed by atoms with E-state index in [1.807, 2.05) is 36.9 Å². The van der Waals surface area contributed by atoms with Crippen LogP contribution in [0.25, 0.3) is 0 Å². The van der Waals surface area contributed by atoms with Crippen molar-refractivity contribution in [2.24, 2.45) is 10.9 Å². The molecule has 2 fully saturated rings. The molecule has 1 amide bonds. The van der Waals surface area contributed by atoms with Crippen LogP contribution in [0.1, 0.15) is 25.8 Å². The highest BCUT2D eigenvalue weighted by Gasteiger charge is 2.48. The average Bonchev–Trinajstić information content (AvgIpc) is 3.09. The third-order valence-corrected chi connectivity index (χ3v) is 8.31. The van der Waals surface area contributed by atoms with Gasteiger partial charge in [-0.2, -0.15) is 4.99 Å². The van der Waals surface area contributed by atoms with Crippen LogP contribution in [-0.4, -0.2) is 68.0 Å². The van der Waals surface area contributed by atoms with Gasteiger partial charge in [-0.3, -0.25) is 4.79 Å². The summed E-state index contributed by atoms with van der Waals surface area (Å²) in [6, 6.07) is 5.62. The third-order valence-electron chi connectivity index (χ3n) is 5.07. The van der Waals surface area contributed by atoms with E-state index in [9.17, 15) is 13.2 Å². The summed E-state index contributed by atoms with van der Waals surface area (Å²) in [5.74, 6) is 1.67. The van der Waals surface area contributed by atoms with Gasteiger partial charge in [0.2, 0.25) is 5.91 Å². The predicted octanol–water partition coefficient (Wildman–Crippen LogP) is 2.39. The first-order valence-electron chi connectivity index (χ1n) is 9.68. The summed E-state index contributed by atoms with van der Waals surface area (Å²) in [5.41, 5.74) is 1.05. The quantitative estimate of drug-likeness (QED) is 0.643. The summed E-state index contributed by atoms with van der Waals surface area (Å²) in [4.78, 5) is 18.6. The van der Waals surface area contributed by atoms with Gasteiger partial charge in [-0.25, -0.2) is 8.42 Å². The van der Waals surface area contributed by atoms with Crippen LogP contribution in [0.4, 0.5) is 0 Å². The molecule has 0 unspecified atom stereocenters. The molecule has 0 spiro atoms. The molecular weight excluding hydrogens is 412 g/mol. The van der Waals surface area contributed by atoms with E-state index in [1.165, 1.54) is 11.8 Å². The predicted molar refractivity (Wildman–Crippen MR) is 116 cm³/mol. The Kier molecular flexibility index (Phi) is 6.78. The van der Waals surface area contributed by atoms with Crippen LogP contribution in [-0.2, 0) is 21.1 Å². The van der Waals surface area contributed by atoms with Crippen molar-refractivity contribution in [3.8, 4) is 11.5 Å². The van der Waals surface area contributed by atoms with E-state index in [1.54, 1.807) is 14.2 Å². The molecule has 1 aromatic rings. The number of nitrogens with zero attached hydrogens (tertiary/aromatic N) is 2. The Labute approximate surface area is 176 Å². The standard InChI is InChI=1S/C20H28N2O5S2/c1-13(2)9-19(23)21-20-22(15-11-29(24,25)12-18(15)28-20)8-7-14-5-6-16(26-3)17(10-14)27-4/h5-6,10,13,15,18H,7-9,11-12H2,1-4H3/t15-,18+/m1/s1. The number of methoxy groups -OCH3 is 2. The molecule has 0 saturated carbocycles. The molecule has 7 nitrogen and oxygen atoms in total. The number of rotatable bonds is 7. The lowest BCUT2D eigenvalue weighted by Crippen LogP contribution is -2.39. The van der Waals surface area contributed by atoms with Gasteiger partial charge in [0.05, 0.1) is 31.8 Å². The first kappa shape index (κ1) is 22.0. The van der Waals surface area contributed by atoms with Gasteiger partial charge in [-0.1, -0.05) is 31.7 Å². The number of sulfone groups is 1. The number of amides is 1. The molecule has 0 aliphatic carbocycles. The van der Waals surface area contributed by atoms with E-state index in [-0.39, 0.29) is 34.6 Å². The van der Waals surface area contributed by atoms with Crippen molar-refractivity contribution in [3.63, 3.8) is 0 Å². The maximum atomic E-state index is 12.3. The molecule has 1 aromatic carbocycles. The monoisotopic (exact) mass is 440 g/mol. The Morgan fingerprint density at radius 3 is 2.62 bits per heavy atom. The molecule has 0 N–H and O–H groups in total. The molecule has 160 valence electrons. The Morgan fingerprint density at radius 1 is 1.24 bits per heavy atom. The first-order chi connectivity index (χ1) is 13.7. The molecule has 3 rings (SSSR count). The molecule has 9 heteroatoms. The van der Waals surface area contributed by atoms with Crippen molar-refractivity contribution in [1.82, 2.24) is 4.90 Å². The molecule has 0 aromatic heterocycles. The highest BCUT2D eigenvalue weighted by Crippen LogP contribution is 2.38. The Morgan fingerprint density at radius 2 is 1.97 bits per heavy atom. The lowest BCUT2D eigenvalue weighted by Gasteiger charge is -2.24. The number of aliphatic imine (C=N–C) groups is 1. The van der Waals surface area contributed by atoms with Crippen LogP contribution < -0.4 is 9.47 Å². The van der Waals surface area contributed by atoms with Crippen molar-refractivity contribution in [1.29, 1.82) is 0 Å². The largest absolute Gasteiger partial charge is 0.493 e. The molecule has 2 heterocycles. The van der Waals surface area contributed by atoms with Gasteiger partial charge in [-0.15, -0.1) is 0 Å². The molecular formula is C20H28N2O5S2. The lowest BCUT2D eigenvalue weighted by molar-refractivity contribution is -0.118. The first-order valence-corrected chi connectivity index (χ1v) is 12.4. The minimum absolute atomic E-state index is 0.0593. The van der Waals surface area contributed by atoms with Crippen LogP contribution in [0.5, 0.6) is 11.5 Å². The Bertz CT molecular complexity index is 898. The third kappa shape index (κ3) is 5.25. The number of carbonyl (C=O) groups excluding carboxylic acids is 1. The van der Waals surface area contributed by atoms with Gasteiger partial charge in [-0.05, 0) is 30.0 Å². The molecule has 0 radical (unpaired) electrons. The van der Waals surface area contributed by atoms with E-state index in [0.29, 0.717) is 36.1 Å². The maximum Gasteiger partial charge on any atom is 0.248 e. The summed E-state index contributed by atoms with van der Waals surface area (Å²) < 4.78 is 34.9. The Balaban J connectivity index is 1.78. The number of ether oxygens (including phenoxy) is 2. The molecule has 0 bridgehead atoms. The number of thioether (sulfide) groups is 1. The topological polar surface area (TPSA) is 85.3 Å². The van der Waals surface area contributed by atoms with E-state index in [2.05, 4.69) is 4.99 Å². The SMILES string of the molecule is COc1ccc(CCN2C(=NC(=O)CC(C)C)S[C@H]3CS(=O)(=O)C[C@H]32)cc1OC. The molecule has 29 heavy (non-hydrogen) atoms. The molecule has 2 aliphatic rings. The van der Waals surface area contributed by atoms with Crippen molar-refractivity contribution >= 4 is 32.7 Å². The minimum atomic E-state index is -3.05. The second kappa shape index (κ2) is 8.95. The number of fused-ring (bicyclic) bond motifs is 1. The van der Waals surface area contributed by atoms with Gasteiger partial charge in [0.15, 0.2) is 26.5 Å². The number of hydrogen-bond donors (Lipinski definition) is 0. The van der Waals surface area contributed by atoms with Gasteiger partial charge < -0.3 is 14.4 Å². The number of carbonyl (C=O) groups is 1. The fraction of sp³-hybridized carbons (Fsp3) is 0.600. The summed E-state index contributed by atoms with van der Waals surface area (Å²) >= 11 is 1.43. The Hall–Kier alpha value is -1.74. The van der Waals surface area contributed by atoms with Gasteiger partial charge >= 0.3 is 0 Å². The summed E-state index contributed by atoms with van der Waals surface area (Å²) in [5, 5.41) is 0.594. The molecule has 2 aliphatic heterocycles. The smallest absolute Gasteiger partial charge is 0.248 e. The van der Waals surface area contributed by atoms with Crippen LogP contribution >= 0.6 is 11.8 Å². The fourth-order valence-corrected chi connectivity index (χ4v) is 7.68. The molecule has 2 saturated heterocycles. The zero-order valence-electron chi connectivity index (χ0n) is 17.3. The number of benzene rings is 1. The van der Waals surface area contributed by atoms with E-state index >= 15 is 0 Å². The maximum absolute atomic E-state index is 12.3.